The summed E-state index contributed by atoms with van der Waals surface area (Å²) < 4.78 is 0. The van der Waals surface area contributed by atoms with Crippen LogP contribution in [0.2, 0.25) is 0 Å². The van der Waals surface area contributed by atoms with E-state index in [2.05, 4.69) is 0 Å². The third kappa shape index (κ3) is 2.45. The summed E-state index contributed by atoms with van der Waals surface area (Å²) in [5.74, 6) is -1.39. The minimum Gasteiger partial charge on any atom is -0.397 e. The first kappa shape index (κ1) is 19.8. The van der Waals surface area contributed by atoms with E-state index in [9.17, 15) is 19.2 Å². The van der Waals surface area contributed by atoms with Gasteiger partial charge in [-0.15, -0.1) is 0 Å². The highest BCUT2D eigenvalue weighted by Crippen LogP contribution is 2.44. The summed E-state index contributed by atoms with van der Waals surface area (Å²) in [5.41, 5.74) is 15.0. The molecular formula is C28H16N2O4. The van der Waals surface area contributed by atoms with Crippen molar-refractivity contribution in [2.75, 3.05) is 11.5 Å². The van der Waals surface area contributed by atoms with Gasteiger partial charge in [-0.1, -0.05) is 66.7 Å². The van der Waals surface area contributed by atoms with Crippen molar-refractivity contribution in [3.05, 3.63) is 117 Å². The molecule has 0 radical (unpaired) electrons. The normalized spacial score (nSPS) is 13.8. The van der Waals surface area contributed by atoms with E-state index in [1.54, 1.807) is 66.7 Å². The van der Waals surface area contributed by atoms with Gasteiger partial charge in [0.15, 0.2) is 23.1 Å². The zero-order chi connectivity index (χ0) is 23.7. The van der Waals surface area contributed by atoms with Crippen LogP contribution in [0.1, 0.15) is 63.7 Å². The molecule has 0 unspecified atom stereocenters. The van der Waals surface area contributed by atoms with Crippen LogP contribution in [0.15, 0.2) is 72.8 Å². The topological polar surface area (TPSA) is 120 Å². The fourth-order valence-corrected chi connectivity index (χ4v) is 4.93. The summed E-state index contributed by atoms with van der Waals surface area (Å²) in [7, 11) is 0. The first-order chi connectivity index (χ1) is 16.4. The van der Waals surface area contributed by atoms with Crippen LogP contribution >= 0.6 is 0 Å². The Morgan fingerprint density at radius 3 is 1.44 bits per heavy atom. The molecule has 0 heterocycles. The molecule has 6 heteroatoms. The Morgan fingerprint density at radius 1 is 0.412 bits per heavy atom. The summed E-state index contributed by atoms with van der Waals surface area (Å²) in [6.07, 6.45) is 0. The molecule has 6 nitrogen and oxygen atoms in total. The summed E-state index contributed by atoms with van der Waals surface area (Å²) in [6.45, 7) is 0. The lowest BCUT2D eigenvalue weighted by atomic mass is 9.76. The van der Waals surface area contributed by atoms with Crippen molar-refractivity contribution in [1.82, 2.24) is 0 Å². The number of fused-ring (bicyclic) bond motifs is 4. The molecule has 34 heavy (non-hydrogen) atoms. The molecule has 0 aliphatic heterocycles. The van der Waals surface area contributed by atoms with Gasteiger partial charge in [0.2, 0.25) is 0 Å². The van der Waals surface area contributed by atoms with Crippen molar-refractivity contribution in [1.29, 1.82) is 0 Å². The molecule has 2 aliphatic carbocycles. The molecule has 162 valence electrons. The zero-order valence-electron chi connectivity index (χ0n) is 17.7. The summed E-state index contributed by atoms with van der Waals surface area (Å²) in [6, 6.07) is 19.4. The lowest BCUT2D eigenvalue weighted by molar-refractivity contribution is 0.0978. The van der Waals surface area contributed by atoms with Crippen LogP contribution in [0.3, 0.4) is 0 Å². The van der Waals surface area contributed by atoms with E-state index in [1.807, 2.05) is 0 Å². The van der Waals surface area contributed by atoms with Gasteiger partial charge in [0, 0.05) is 50.1 Å². The molecule has 4 aromatic rings. The number of ketones is 4. The molecule has 0 saturated carbocycles. The third-order valence-corrected chi connectivity index (χ3v) is 6.51. The number of nitrogens with two attached hydrogens (primary N) is 2. The van der Waals surface area contributed by atoms with E-state index in [1.165, 1.54) is 6.07 Å². The number of rotatable bonds is 1. The van der Waals surface area contributed by atoms with Crippen LogP contribution in [0, 0.1) is 0 Å². The zero-order valence-corrected chi connectivity index (χ0v) is 17.7. The summed E-state index contributed by atoms with van der Waals surface area (Å²) in [4.78, 5) is 53.7. The summed E-state index contributed by atoms with van der Waals surface area (Å²) in [5, 5.41) is 0. The third-order valence-electron chi connectivity index (χ3n) is 6.51. The van der Waals surface area contributed by atoms with Gasteiger partial charge < -0.3 is 11.5 Å². The van der Waals surface area contributed by atoms with E-state index in [4.69, 9.17) is 11.5 Å². The van der Waals surface area contributed by atoms with Crippen LogP contribution < -0.4 is 11.5 Å². The largest absolute Gasteiger partial charge is 0.397 e. The Labute approximate surface area is 193 Å². The Balaban J connectivity index is 1.70. The SMILES string of the molecule is Nc1cc2c(c(-c3cccc4c3C(=O)c3ccccc3C4=O)c1N)C(=O)c1ccccc1C2=O. The standard InChI is InChI=1S/C28H16N2O4/c29-20-12-19-23(28(34)16-9-4-2-7-14(16)26(19)32)22(24(20)30)17-10-5-11-18-21(17)27(33)15-8-3-1-6-13(15)25(18)31/h1-12H,29-30H2. The number of anilines is 2. The first-order valence-corrected chi connectivity index (χ1v) is 10.6. The summed E-state index contributed by atoms with van der Waals surface area (Å²) >= 11 is 0. The molecule has 6 rings (SSSR count). The van der Waals surface area contributed by atoms with Gasteiger partial charge >= 0.3 is 0 Å². The molecule has 0 saturated heterocycles. The fraction of sp³-hybridized carbons (Fsp3) is 0. The number of hydrogen-bond acceptors (Lipinski definition) is 6. The highest BCUT2D eigenvalue weighted by atomic mass is 16.1. The molecule has 0 fully saturated rings. The maximum Gasteiger partial charge on any atom is 0.195 e. The van der Waals surface area contributed by atoms with Gasteiger partial charge in [0.25, 0.3) is 0 Å². The van der Waals surface area contributed by atoms with E-state index in [-0.39, 0.29) is 79.0 Å². The van der Waals surface area contributed by atoms with Crippen LogP contribution in [-0.2, 0) is 0 Å². The molecule has 4 N–H and O–H groups in total. The van der Waals surface area contributed by atoms with Crippen LogP contribution in [-0.4, -0.2) is 23.1 Å². The van der Waals surface area contributed by atoms with E-state index < -0.39 is 0 Å². The predicted octanol–water partition coefficient (Wildman–Crippen LogP) is 4.07. The Hall–Kier alpha value is -4.84. The van der Waals surface area contributed by atoms with Gasteiger partial charge in [-0.3, -0.25) is 19.2 Å². The van der Waals surface area contributed by atoms with Gasteiger partial charge in [-0.2, -0.15) is 0 Å². The highest BCUT2D eigenvalue weighted by Gasteiger charge is 2.37. The number of carbonyl (C=O) groups is 4. The molecule has 0 atom stereocenters. The van der Waals surface area contributed by atoms with E-state index in [0.717, 1.165) is 0 Å². The van der Waals surface area contributed by atoms with Crippen molar-refractivity contribution in [2.24, 2.45) is 0 Å². The lowest BCUT2D eigenvalue weighted by Crippen LogP contribution is -2.25. The van der Waals surface area contributed by atoms with Crippen molar-refractivity contribution >= 4 is 34.5 Å². The van der Waals surface area contributed by atoms with Crippen LogP contribution in [0.5, 0.6) is 0 Å². The smallest absolute Gasteiger partial charge is 0.195 e. The molecular weight excluding hydrogens is 428 g/mol. The van der Waals surface area contributed by atoms with Crippen molar-refractivity contribution in [2.45, 2.75) is 0 Å². The lowest BCUT2D eigenvalue weighted by Gasteiger charge is -2.25. The second-order valence-corrected chi connectivity index (χ2v) is 8.31. The highest BCUT2D eigenvalue weighted by molar-refractivity contribution is 6.34. The van der Waals surface area contributed by atoms with Gasteiger partial charge in [-0.25, -0.2) is 0 Å². The maximum absolute atomic E-state index is 13.6. The van der Waals surface area contributed by atoms with Crippen molar-refractivity contribution in [3.8, 4) is 11.1 Å². The average Bonchev–Trinajstić information content (AvgIpc) is 2.86. The monoisotopic (exact) mass is 444 g/mol. The molecule has 4 aromatic carbocycles. The van der Waals surface area contributed by atoms with Gasteiger partial charge in [0.1, 0.15) is 0 Å². The van der Waals surface area contributed by atoms with Gasteiger partial charge in [0.05, 0.1) is 11.4 Å². The minimum absolute atomic E-state index is 0.0757. The second kappa shape index (κ2) is 6.83. The second-order valence-electron chi connectivity index (χ2n) is 8.31. The molecule has 0 bridgehead atoms. The number of hydrogen-bond donors (Lipinski definition) is 2. The maximum atomic E-state index is 13.6. The van der Waals surface area contributed by atoms with Crippen molar-refractivity contribution in [3.63, 3.8) is 0 Å². The Morgan fingerprint density at radius 2 is 0.853 bits per heavy atom. The molecule has 0 aromatic heterocycles. The van der Waals surface area contributed by atoms with Crippen molar-refractivity contribution < 1.29 is 19.2 Å². The number of nitrogen functional groups attached to an aromatic ring is 2. The fourth-order valence-electron chi connectivity index (χ4n) is 4.93. The number of carbonyl (C=O) groups excluding carboxylic acids is 4. The first-order valence-electron chi connectivity index (χ1n) is 10.6. The minimum atomic E-state index is -0.389. The van der Waals surface area contributed by atoms with Gasteiger partial charge in [-0.05, 0) is 11.6 Å². The molecule has 0 amide bonds. The van der Waals surface area contributed by atoms with E-state index >= 15 is 0 Å². The number of benzene rings is 4. The Kier molecular flexibility index (Phi) is 3.98. The average molecular weight is 444 g/mol. The Bertz CT molecular complexity index is 1650. The molecule has 2 aliphatic rings. The van der Waals surface area contributed by atoms with Crippen LogP contribution in [0.25, 0.3) is 11.1 Å². The quantitative estimate of drug-likeness (QED) is 0.369. The molecule has 0 spiro atoms. The van der Waals surface area contributed by atoms with E-state index in [0.29, 0.717) is 11.1 Å². The van der Waals surface area contributed by atoms with Crippen LogP contribution in [0.4, 0.5) is 11.4 Å². The predicted molar refractivity (Wildman–Crippen MR) is 127 cm³/mol.